The summed E-state index contributed by atoms with van der Waals surface area (Å²) in [6.45, 7) is 1.48. The third kappa shape index (κ3) is 4.78. The smallest absolute Gasteiger partial charge is 0.224 e. The molecular weight excluding hydrogens is 276 g/mol. The molecule has 1 aromatic rings. The SMILES string of the molecule is CN(CC1CCCO1)C(=O)CC(N)c1ccccc1.Cl. The summed E-state index contributed by atoms with van der Waals surface area (Å²) in [5.41, 5.74) is 7.06. The molecule has 1 amide bonds. The third-order valence-corrected chi connectivity index (χ3v) is 3.55. The maximum Gasteiger partial charge on any atom is 0.224 e. The highest BCUT2D eigenvalue weighted by Gasteiger charge is 2.21. The molecule has 0 aliphatic carbocycles. The predicted octanol–water partition coefficient (Wildman–Crippen LogP) is 2.14. The van der Waals surface area contributed by atoms with Gasteiger partial charge < -0.3 is 15.4 Å². The first kappa shape index (κ1) is 17.0. The average molecular weight is 299 g/mol. The Hall–Kier alpha value is -1.10. The average Bonchev–Trinajstić information content (AvgIpc) is 2.92. The summed E-state index contributed by atoms with van der Waals surface area (Å²) in [6, 6.07) is 9.50. The van der Waals surface area contributed by atoms with Gasteiger partial charge in [0.15, 0.2) is 0 Å². The highest BCUT2D eigenvalue weighted by molar-refractivity contribution is 5.85. The Morgan fingerprint density at radius 1 is 1.45 bits per heavy atom. The van der Waals surface area contributed by atoms with Crippen molar-refractivity contribution in [1.29, 1.82) is 0 Å². The van der Waals surface area contributed by atoms with Gasteiger partial charge in [0.1, 0.15) is 0 Å². The highest BCUT2D eigenvalue weighted by atomic mass is 35.5. The van der Waals surface area contributed by atoms with Gasteiger partial charge in [0.05, 0.1) is 6.10 Å². The number of hydrogen-bond acceptors (Lipinski definition) is 3. The van der Waals surface area contributed by atoms with Gasteiger partial charge in [-0.05, 0) is 18.4 Å². The minimum absolute atomic E-state index is 0. The van der Waals surface area contributed by atoms with Gasteiger partial charge >= 0.3 is 0 Å². The number of carbonyl (C=O) groups is 1. The van der Waals surface area contributed by atoms with Crippen LogP contribution in [0.3, 0.4) is 0 Å². The Balaban J connectivity index is 0.00000200. The Labute approximate surface area is 126 Å². The molecule has 0 radical (unpaired) electrons. The first-order valence-corrected chi connectivity index (χ1v) is 6.83. The summed E-state index contributed by atoms with van der Waals surface area (Å²) in [7, 11) is 1.82. The molecule has 0 saturated carbocycles. The van der Waals surface area contributed by atoms with E-state index in [0.29, 0.717) is 13.0 Å². The zero-order valence-electron chi connectivity index (χ0n) is 11.8. The van der Waals surface area contributed by atoms with Crippen molar-refractivity contribution in [2.75, 3.05) is 20.2 Å². The molecule has 2 atom stereocenters. The minimum atomic E-state index is -0.236. The molecule has 1 aliphatic rings. The third-order valence-electron chi connectivity index (χ3n) is 3.55. The van der Waals surface area contributed by atoms with E-state index in [1.54, 1.807) is 4.90 Å². The van der Waals surface area contributed by atoms with Gasteiger partial charge in [-0.15, -0.1) is 12.4 Å². The molecule has 2 unspecified atom stereocenters. The van der Waals surface area contributed by atoms with E-state index >= 15 is 0 Å². The fourth-order valence-electron chi connectivity index (χ4n) is 2.36. The van der Waals surface area contributed by atoms with Crippen molar-refractivity contribution < 1.29 is 9.53 Å². The van der Waals surface area contributed by atoms with Crippen molar-refractivity contribution in [2.45, 2.75) is 31.4 Å². The fraction of sp³-hybridized carbons (Fsp3) is 0.533. The number of rotatable bonds is 5. The lowest BCUT2D eigenvalue weighted by atomic mass is 10.0. The van der Waals surface area contributed by atoms with Crippen LogP contribution in [0, 0.1) is 0 Å². The molecule has 0 aromatic heterocycles. The van der Waals surface area contributed by atoms with E-state index in [-0.39, 0.29) is 30.5 Å². The Kier molecular flexibility index (Phi) is 6.99. The Bertz CT molecular complexity index is 408. The zero-order valence-corrected chi connectivity index (χ0v) is 12.6. The summed E-state index contributed by atoms with van der Waals surface area (Å²) < 4.78 is 5.54. The quantitative estimate of drug-likeness (QED) is 0.906. The topological polar surface area (TPSA) is 55.6 Å². The van der Waals surface area contributed by atoms with E-state index in [4.69, 9.17) is 10.5 Å². The van der Waals surface area contributed by atoms with Crippen molar-refractivity contribution in [3.05, 3.63) is 35.9 Å². The molecule has 1 saturated heterocycles. The predicted molar refractivity (Wildman–Crippen MR) is 81.8 cm³/mol. The van der Waals surface area contributed by atoms with Gasteiger partial charge in [0.25, 0.3) is 0 Å². The molecular formula is C15H23ClN2O2. The molecule has 20 heavy (non-hydrogen) atoms. The number of ether oxygens (including phenoxy) is 1. The second-order valence-electron chi connectivity index (χ2n) is 5.13. The lowest BCUT2D eigenvalue weighted by Gasteiger charge is -2.22. The van der Waals surface area contributed by atoms with Crippen LogP contribution < -0.4 is 5.73 Å². The second-order valence-corrected chi connectivity index (χ2v) is 5.13. The van der Waals surface area contributed by atoms with Gasteiger partial charge in [0.2, 0.25) is 5.91 Å². The normalized spacial score (nSPS) is 19.2. The molecule has 2 rings (SSSR count). The van der Waals surface area contributed by atoms with Crippen LogP contribution in [0.25, 0.3) is 0 Å². The Morgan fingerprint density at radius 2 is 2.15 bits per heavy atom. The van der Waals surface area contributed by atoms with Crippen LogP contribution >= 0.6 is 12.4 Å². The van der Waals surface area contributed by atoms with E-state index in [9.17, 15) is 4.79 Å². The van der Waals surface area contributed by atoms with Crippen molar-refractivity contribution in [2.24, 2.45) is 5.73 Å². The molecule has 1 aromatic carbocycles. The number of nitrogens with two attached hydrogens (primary N) is 1. The summed E-state index contributed by atoms with van der Waals surface area (Å²) in [5, 5.41) is 0. The van der Waals surface area contributed by atoms with E-state index in [1.165, 1.54) is 0 Å². The van der Waals surface area contributed by atoms with E-state index < -0.39 is 0 Å². The number of halogens is 1. The molecule has 0 spiro atoms. The number of amides is 1. The van der Waals surface area contributed by atoms with Crippen molar-refractivity contribution in [3.8, 4) is 0 Å². The van der Waals surface area contributed by atoms with Crippen LogP contribution in [0.4, 0.5) is 0 Å². The summed E-state index contributed by atoms with van der Waals surface area (Å²) in [4.78, 5) is 13.8. The van der Waals surface area contributed by atoms with Crippen LogP contribution in [0.5, 0.6) is 0 Å². The first-order chi connectivity index (χ1) is 9.16. The summed E-state index contributed by atoms with van der Waals surface area (Å²) in [5.74, 6) is 0.0758. The molecule has 1 fully saturated rings. The maximum atomic E-state index is 12.1. The highest BCUT2D eigenvalue weighted by Crippen LogP contribution is 2.16. The van der Waals surface area contributed by atoms with Crippen LogP contribution in [-0.2, 0) is 9.53 Å². The fourth-order valence-corrected chi connectivity index (χ4v) is 2.36. The lowest BCUT2D eigenvalue weighted by molar-refractivity contribution is -0.131. The molecule has 1 heterocycles. The molecule has 5 heteroatoms. The molecule has 1 aliphatic heterocycles. The van der Waals surface area contributed by atoms with Gasteiger partial charge in [-0.25, -0.2) is 0 Å². The van der Waals surface area contributed by atoms with Crippen LogP contribution in [0.15, 0.2) is 30.3 Å². The van der Waals surface area contributed by atoms with Crippen LogP contribution in [0.1, 0.15) is 30.9 Å². The van der Waals surface area contributed by atoms with Crippen molar-refractivity contribution >= 4 is 18.3 Å². The van der Waals surface area contributed by atoms with E-state index in [0.717, 1.165) is 25.0 Å². The lowest BCUT2D eigenvalue weighted by Crippen LogP contribution is -2.35. The summed E-state index contributed by atoms with van der Waals surface area (Å²) in [6.07, 6.45) is 2.67. The first-order valence-electron chi connectivity index (χ1n) is 6.83. The second kappa shape index (κ2) is 8.25. The molecule has 0 bridgehead atoms. The number of carbonyl (C=O) groups excluding carboxylic acids is 1. The number of nitrogens with zero attached hydrogens (tertiary/aromatic N) is 1. The summed E-state index contributed by atoms with van der Waals surface area (Å²) >= 11 is 0. The largest absolute Gasteiger partial charge is 0.376 e. The van der Waals surface area contributed by atoms with Crippen molar-refractivity contribution in [1.82, 2.24) is 4.90 Å². The number of likely N-dealkylation sites (N-methyl/N-ethyl adjacent to an activating group) is 1. The minimum Gasteiger partial charge on any atom is -0.376 e. The number of benzene rings is 1. The van der Waals surface area contributed by atoms with Crippen molar-refractivity contribution in [3.63, 3.8) is 0 Å². The van der Waals surface area contributed by atoms with Gasteiger partial charge in [0, 0.05) is 32.7 Å². The standard InChI is InChI=1S/C15H22N2O2.ClH/c1-17(11-13-8-5-9-19-13)15(18)10-14(16)12-6-3-2-4-7-12;/h2-4,6-7,13-14H,5,8-11,16H2,1H3;1H. The number of hydrogen-bond donors (Lipinski definition) is 1. The van der Waals surface area contributed by atoms with E-state index in [2.05, 4.69) is 0 Å². The zero-order chi connectivity index (χ0) is 13.7. The van der Waals surface area contributed by atoms with E-state index in [1.807, 2.05) is 37.4 Å². The maximum absolute atomic E-state index is 12.1. The Morgan fingerprint density at radius 3 is 2.75 bits per heavy atom. The molecule has 4 nitrogen and oxygen atoms in total. The monoisotopic (exact) mass is 298 g/mol. The molecule has 2 N–H and O–H groups in total. The van der Waals surface area contributed by atoms with Gasteiger partial charge in [-0.3, -0.25) is 4.79 Å². The van der Waals surface area contributed by atoms with Crippen LogP contribution in [0.2, 0.25) is 0 Å². The van der Waals surface area contributed by atoms with Crippen LogP contribution in [-0.4, -0.2) is 37.1 Å². The van der Waals surface area contributed by atoms with Gasteiger partial charge in [-0.2, -0.15) is 0 Å². The molecule has 112 valence electrons. The van der Waals surface area contributed by atoms with Gasteiger partial charge in [-0.1, -0.05) is 30.3 Å².